The maximum absolute atomic E-state index is 12.2. The maximum Gasteiger partial charge on any atom is 0.249 e. The number of aromatic nitrogens is 1. The number of hydrogen-bond donors (Lipinski definition) is 1. The number of nitrogens with zero attached hydrogens (tertiary/aromatic N) is 1. The number of nitrogens with two attached hydrogens (primary N) is 1. The van der Waals surface area contributed by atoms with Crippen molar-refractivity contribution in [2.75, 3.05) is 0 Å². The molecule has 0 saturated heterocycles. The van der Waals surface area contributed by atoms with E-state index in [2.05, 4.69) is 34.9 Å². The summed E-state index contributed by atoms with van der Waals surface area (Å²) in [6.07, 6.45) is 0. The van der Waals surface area contributed by atoms with E-state index in [0.29, 0.717) is 17.1 Å². The zero-order chi connectivity index (χ0) is 20.7. The summed E-state index contributed by atoms with van der Waals surface area (Å²) in [4.78, 5) is 12.2. The quantitative estimate of drug-likeness (QED) is 0.373. The molecule has 0 spiro atoms. The van der Waals surface area contributed by atoms with Gasteiger partial charge in [0, 0.05) is 27.9 Å². The van der Waals surface area contributed by atoms with Gasteiger partial charge >= 0.3 is 0 Å². The average molecular weight is 411 g/mol. The molecular formula is C26H19ClN2O. The monoisotopic (exact) mass is 410 g/mol. The third kappa shape index (κ3) is 3.14. The molecule has 2 N–H and O–H groups in total. The zero-order valence-electron chi connectivity index (χ0n) is 16.2. The molecule has 146 valence electrons. The van der Waals surface area contributed by atoms with Gasteiger partial charge in [-0.25, -0.2) is 0 Å². The highest BCUT2D eigenvalue weighted by molar-refractivity contribution is 6.30. The summed E-state index contributed by atoms with van der Waals surface area (Å²) < 4.78 is 2.24. The molecule has 0 saturated carbocycles. The Balaban J connectivity index is 1.80. The molecule has 4 heteroatoms. The minimum atomic E-state index is -0.418. The average Bonchev–Trinajstić information content (AvgIpc) is 3.09. The van der Waals surface area contributed by atoms with Crippen LogP contribution < -0.4 is 5.73 Å². The largest absolute Gasteiger partial charge is 0.366 e. The van der Waals surface area contributed by atoms with Gasteiger partial charge in [0.05, 0.1) is 11.0 Å². The molecule has 1 heterocycles. The van der Waals surface area contributed by atoms with E-state index in [9.17, 15) is 4.79 Å². The Morgan fingerprint density at radius 3 is 2.30 bits per heavy atom. The van der Waals surface area contributed by atoms with Crippen LogP contribution in [0.15, 0.2) is 91.0 Å². The second-order valence-electron chi connectivity index (χ2n) is 7.37. The van der Waals surface area contributed by atoms with E-state index in [4.69, 9.17) is 17.3 Å². The second-order valence-corrected chi connectivity index (χ2v) is 7.81. The first kappa shape index (κ1) is 18.5. The Bertz CT molecular complexity index is 1390. The number of carbonyl (C=O) groups excluding carboxylic acids is 1. The van der Waals surface area contributed by atoms with Crippen LogP contribution in [-0.4, -0.2) is 10.5 Å². The fraction of sp³-hybridized carbons (Fsp3) is 0.0385. The van der Waals surface area contributed by atoms with Gasteiger partial charge < -0.3 is 10.3 Å². The molecule has 4 aromatic carbocycles. The predicted molar refractivity (Wildman–Crippen MR) is 124 cm³/mol. The van der Waals surface area contributed by atoms with E-state index in [-0.39, 0.29) is 0 Å². The molecule has 1 aromatic heterocycles. The summed E-state index contributed by atoms with van der Waals surface area (Å²) in [5.41, 5.74) is 11.7. The third-order valence-corrected chi connectivity index (χ3v) is 5.77. The van der Waals surface area contributed by atoms with E-state index in [1.165, 1.54) is 0 Å². The molecule has 5 rings (SSSR count). The van der Waals surface area contributed by atoms with Gasteiger partial charge in [0.2, 0.25) is 5.91 Å². The van der Waals surface area contributed by atoms with Gasteiger partial charge in [-0.1, -0.05) is 72.3 Å². The van der Waals surface area contributed by atoms with Crippen LogP contribution in [-0.2, 0) is 6.54 Å². The Labute approximate surface area is 179 Å². The van der Waals surface area contributed by atoms with Crippen molar-refractivity contribution in [2.45, 2.75) is 6.54 Å². The summed E-state index contributed by atoms with van der Waals surface area (Å²) in [5, 5.41) is 2.63. The fourth-order valence-electron chi connectivity index (χ4n) is 4.10. The minimum Gasteiger partial charge on any atom is -0.366 e. The molecule has 0 radical (unpaired) electrons. The first-order valence-corrected chi connectivity index (χ1v) is 10.1. The lowest BCUT2D eigenvalue weighted by Gasteiger charge is -2.09. The second kappa shape index (κ2) is 7.36. The molecule has 0 aliphatic heterocycles. The number of rotatable bonds is 4. The van der Waals surface area contributed by atoms with Gasteiger partial charge in [-0.2, -0.15) is 0 Å². The lowest BCUT2D eigenvalue weighted by Crippen LogP contribution is -2.11. The van der Waals surface area contributed by atoms with Crippen molar-refractivity contribution in [1.29, 1.82) is 0 Å². The lowest BCUT2D eigenvalue weighted by molar-refractivity contribution is 0.100. The summed E-state index contributed by atoms with van der Waals surface area (Å²) >= 11 is 6.07. The molecule has 0 atom stereocenters. The standard InChI is InChI=1S/C26H19ClN2O/c27-20-12-9-17(10-13-20)16-29-23-8-4-7-22(26(28)30)25(23)21-14-11-19(15-24(21)29)18-5-2-1-3-6-18/h1-15H,16H2,(H2,28,30). The minimum absolute atomic E-state index is 0.418. The lowest BCUT2D eigenvalue weighted by atomic mass is 10.0. The molecule has 0 unspecified atom stereocenters. The third-order valence-electron chi connectivity index (χ3n) is 5.52. The summed E-state index contributed by atoms with van der Waals surface area (Å²) in [6.45, 7) is 0.664. The van der Waals surface area contributed by atoms with Crippen LogP contribution in [0.5, 0.6) is 0 Å². The Hall–Kier alpha value is -3.56. The van der Waals surface area contributed by atoms with E-state index >= 15 is 0 Å². The number of halogens is 1. The molecule has 30 heavy (non-hydrogen) atoms. The van der Waals surface area contributed by atoms with E-state index in [0.717, 1.165) is 38.5 Å². The van der Waals surface area contributed by atoms with Crippen LogP contribution in [0, 0.1) is 0 Å². The Morgan fingerprint density at radius 2 is 1.57 bits per heavy atom. The molecule has 0 fully saturated rings. The summed E-state index contributed by atoms with van der Waals surface area (Å²) in [7, 11) is 0. The molecule has 3 nitrogen and oxygen atoms in total. The first-order chi connectivity index (χ1) is 14.6. The molecule has 5 aromatic rings. The van der Waals surface area contributed by atoms with Crippen molar-refractivity contribution < 1.29 is 4.79 Å². The molecular weight excluding hydrogens is 392 g/mol. The number of hydrogen-bond acceptors (Lipinski definition) is 1. The van der Waals surface area contributed by atoms with Crippen molar-refractivity contribution in [1.82, 2.24) is 4.57 Å². The van der Waals surface area contributed by atoms with Crippen LogP contribution in [0.2, 0.25) is 5.02 Å². The van der Waals surface area contributed by atoms with Crippen LogP contribution in [0.25, 0.3) is 32.9 Å². The highest BCUT2D eigenvalue weighted by Crippen LogP contribution is 2.35. The van der Waals surface area contributed by atoms with Gasteiger partial charge in [-0.15, -0.1) is 0 Å². The number of carbonyl (C=O) groups is 1. The topological polar surface area (TPSA) is 48.0 Å². The smallest absolute Gasteiger partial charge is 0.249 e. The van der Waals surface area contributed by atoms with Gasteiger partial charge in [-0.05, 0) is 47.0 Å². The molecule has 1 amide bonds. The first-order valence-electron chi connectivity index (χ1n) is 9.76. The van der Waals surface area contributed by atoms with Gasteiger partial charge in [-0.3, -0.25) is 4.79 Å². The van der Waals surface area contributed by atoms with Crippen molar-refractivity contribution in [3.8, 4) is 11.1 Å². The van der Waals surface area contributed by atoms with E-state index in [1.807, 2.05) is 54.6 Å². The van der Waals surface area contributed by atoms with Crippen molar-refractivity contribution in [3.05, 3.63) is 107 Å². The van der Waals surface area contributed by atoms with E-state index < -0.39 is 5.91 Å². The van der Waals surface area contributed by atoms with Crippen LogP contribution >= 0.6 is 11.6 Å². The van der Waals surface area contributed by atoms with Gasteiger partial charge in [0.25, 0.3) is 0 Å². The zero-order valence-corrected chi connectivity index (χ0v) is 16.9. The van der Waals surface area contributed by atoms with Crippen molar-refractivity contribution >= 4 is 39.3 Å². The van der Waals surface area contributed by atoms with Crippen LogP contribution in [0.4, 0.5) is 0 Å². The van der Waals surface area contributed by atoms with E-state index in [1.54, 1.807) is 6.07 Å². The fourth-order valence-corrected chi connectivity index (χ4v) is 4.23. The number of benzene rings is 4. The SMILES string of the molecule is NC(=O)c1cccc2c1c1ccc(-c3ccccc3)cc1n2Cc1ccc(Cl)cc1. The molecule has 0 bridgehead atoms. The Morgan fingerprint density at radius 1 is 0.800 bits per heavy atom. The van der Waals surface area contributed by atoms with Crippen LogP contribution in [0.1, 0.15) is 15.9 Å². The maximum atomic E-state index is 12.2. The normalized spacial score (nSPS) is 11.2. The Kier molecular flexibility index (Phi) is 4.53. The number of primary amides is 1. The van der Waals surface area contributed by atoms with Crippen molar-refractivity contribution in [3.63, 3.8) is 0 Å². The highest BCUT2D eigenvalue weighted by Gasteiger charge is 2.17. The summed E-state index contributed by atoms with van der Waals surface area (Å²) in [5.74, 6) is -0.418. The van der Waals surface area contributed by atoms with Crippen LogP contribution in [0.3, 0.4) is 0 Å². The predicted octanol–water partition coefficient (Wildman–Crippen LogP) is 6.26. The molecule has 0 aliphatic rings. The van der Waals surface area contributed by atoms with Gasteiger partial charge in [0.1, 0.15) is 0 Å². The number of fused-ring (bicyclic) bond motifs is 3. The number of amides is 1. The van der Waals surface area contributed by atoms with Gasteiger partial charge in [0.15, 0.2) is 0 Å². The highest BCUT2D eigenvalue weighted by atomic mass is 35.5. The molecule has 0 aliphatic carbocycles. The summed E-state index contributed by atoms with van der Waals surface area (Å²) in [6, 6.07) is 30.2. The van der Waals surface area contributed by atoms with Crippen molar-refractivity contribution in [2.24, 2.45) is 5.73 Å².